The Labute approximate surface area is 189 Å². The second kappa shape index (κ2) is 9.63. The Morgan fingerprint density at radius 1 is 1.12 bits per heavy atom. The monoisotopic (exact) mass is 445 g/mol. The van der Waals surface area contributed by atoms with E-state index in [-0.39, 0.29) is 30.1 Å². The molecule has 0 aromatic heterocycles. The van der Waals surface area contributed by atoms with E-state index in [9.17, 15) is 19.2 Å². The lowest BCUT2D eigenvalue weighted by Gasteiger charge is -2.51. The molecule has 4 rings (SSSR count). The number of carbonyl (C=O) groups excluding carboxylic acids is 4. The third-order valence-corrected chi connectivity index (χ3v) is 7.41. The Morgan fingerprint density at radius 3 is 2.66 bits per heavy atom. The topological polar surface area (TPSA) is 96.0 Å². The number of nitrogens with zero attached hydrogens (tertiary/aromatic N) is 2. The Morgan fingerprint density at radius 2 is 1.91 bits per heavy atom. The molecule has 3 heterocycles. The van der Waals surface area contributed by atoms with E-state index in [0.717, 1.165) is 44.3 Å². The molecule has 0 bridgehead atoms. The van der Waals surface area contributed by atoms with Crippen LogP contribution < -0.4 is 5.32 Å². The highest BCUT2D eigenvalue weighted by atomic mass is 16.5. The lowest BCUT2D eigenvalue weighted by molar-refractivity contribution is -0.163. The van der Waals surface area contributed by atoms with Gasteiger partial charge in [0, 0.05) is 50.6 Å². The summed E-state index contributed by atoms with van der Waals surface area (Å²) in [5, 5.41) is 2.91. The highest BCUT2D eigenvalue weighted by molar-refractivity contribution is 5.92. The number of likely N-dealkylation sites (tertiary alicyclic amines) is 1. The first-order valence-electron chi connectivity index (χ1n) is 12.2. The Balaban J connectivity index is 1.41. The van der Waals surface area contributed by atoms with Gasteiger partial charge in [0.1, 0.15) is 5.41 Å². The average molecular weight is 446 g/mol. The SMILES string of the molecule is CCOC(=O)[C@]12CCCC3=C1N(CCC3)C(=O)[C@@H](CC(=O)NCCCN1CCCC1=O)C2. The van der Waals surface area contributed by atoms with Crippen molar-refractivity contribution in [3.63, 3.8) is 0 Å². The molecule has 176 valence electrons. The minimum Gasteiger partial charge on any atom is -0.465 e. The lowest BCUT2D eigenvalue weighted by atomic mass is 9.63. The zero-order chi connectivity index (χ0) is 22.7. The first-order valence-corrected chi connectivity index (χ1v) is 12.2. The van der Waals surface area contributed by atoms with Gasteiger partial charge in [-0.1, -0.05) is 0 Å². The smallest absolute Gasteiger partial charge is 0.318 e. The molecule has 2 atom stereocenters. The molecule has 1 aliphatic carbocycles. The molecule has 2 fully saturated rings. The van der Waals surface area contributed by atoms with E-state index in [1.807, 2.05) is 4.90 Å². The quantitative estimate of drug-likeness (QED) is 0.456. The van der Waals surface area contributed by atoms with Crippen LogP contribution in [-0.4, -0.2) is 66.3 Å². The average Bonchev–Trinajstić information content (AvgIpc) is 3.19. The predicted molar refractivity (Wildman–Crippen MR) is 117 cm³/mol. The van der Waals surface area contributed by atoms with Crippen molar-refractivity contribution < 1.29 is 23.9 Å². The fraction of sp³-hybridized carbons (Fsp3) is 0.750. The maximum absolute atomic E-state index is 13.3. The summed E-state index contributed by atoms with van der Waals surface area (Å²) in [7, 11) is 0. The molecule has 0 spiro atoms. The van der Waals surface area contributed by atoms with Crippen molar-refractivity contribution in [3.05, 3.63) is 11.3 Å². The highest BCUT2D eigenvalue weighted by Crippen LogP contribution is 2.54. The second-order valence-corrected chi connectivity index (χ2v) is 9.49. The number of rotatable bonds is 8. The molecule has 0 radical (unpaired) electrons. The Hall–Kier alpha value is -2.38. The first kappa shape index (κ1) is 22.8. The molecule has 0 saturated carbocycles. The van der Waals surface area contributed by atoms with Crippen LogP contribution in [0.3, 0.4) is 0 Å². The number of amides is 3. The Bertz CT molecular complexity index is 818. The molecule has 8 heteroatoms. The molecule has 3 amide bonds. The maximum atomic E-state index is 13.3. The molecule has 0 aromatic carbocycles. The number of carbonyl (C=O) groups is 4. The molecular formula is C24H35N3O5. The van der Waals surface area contributed by atoms with E-state index in [0.29, 0.717) is 51.9 Å². The summed E-state index contributed by atoms with van der Waals surface area (Å²) in [4.78, 5) is 54.5. The summed E-state index contributed by atoms with van der Waals surface area (Å²) in [6.07, 6.45) is 7.03. The molecule has 3 aliphatic heterocycles. The fourth-order valence-corrected chi connectivity index (χ4v) is 6.03. The molecule has 4 aliphatic rings. The molecule has 1 N–H and O–H groups in total. The van der Waals surface area contributed by atoms with Crippen LogP contribution >= 0.6 is 0 Å². The van der Waals surface area contributed by atoms with E-state index in [4.69, 9.17) is 4.74 Å². The summed E-state index contributed by atoms with van der Waals surface area (Å²) in [6.45, 7) is 4.65. The van der Waals surface area contributed by atoms with Crippen LogP contribution in [0.25, 0.3) is 0 Å². The maximum Gasteiger partial charge on any atom is 0.318 e. The summed E-state index contributed by atoms with van der Waals surface area (Å²) in [5.74, 6) is -0.772. The predicted octanol–water partition coefficient (Wildman–Crippen LogP) is 2.13. The third-order valence-electron chi connectivity index (χ3n) is 7.41. The summed E-state index contributed by atoms with van der Waals surface area (Å²) in [5.41, 5.74) is 1.33. The Kier molecular flexibility index (Phi) is 6.86. The highest BCUT2D eigenvalue weighted by Gasteiger charge is 2.56. The van der Waals surface area contributed by atoms with Crippen molar-refractivity contribution in [1.29, 1.82) is 0 Å². The largest absolute Gasteiger partial charge is 0.465 e. The minimum absolute atomic E-state index is 0.0307. The van der Waals surface area contributed by atoms with Gasteiger partial charge in [-0.25, -0.2) is 0 Å². The van der Waals surface area contributed by atoms with Crippen molar-refractivity contribution in [3.8, 4) is 0 Å². The van der Waals surface area contributed by atoms with Crippen LogP contribution in [0.4, 0.5) is 0 Å². The van der Waals surface area contributed by atoms with Crippen molar-refractivity contribution in [1.82, 2.24) is 15.1 Å². The van der Waals surface area contributed by atoms with Gasteiger partial charge in [0.2, 0.25) is 17.7 Å². The van der Waals surface area contributed by atoms with Crippen LogP contribution in [0.5, 0.6) is 0 Å². The molecule has 0 aromatic rings. The lowest BCUT2D eigenvalue weighted by Crippen LogP contribution is -2.56. The van der Waals surface area contributed by atoms with E-state index in [2.05, 4.69) is 5.32 Å². The van der Waals surface area contributed by atoms with Crippen molar-refractivity contribution >= 4 is 23.7 Å². The first-order chi connectivity index (χ1) is 15.5. The molecule has 0 unspecified atom stereocenters. The third kappa shape index (κ3) is 4.28. The van der Waals surface area contributed by atoms with Gasteiger partial charge >= 0.3 is 5.97 Å². The van der Waals surface area contributed by atoms with Crippen LogP contribution in [0.2, 0.25) is 0 Å². The number of hydrogen-bond donors (Lipinski definition) is 1. The zero-order valence-electron chi connectivity index (χ0n) is 19.1. The normalized spacial score (nSPS) is 27.5. The van der Waals surface area contributed by atoms with Gasteiger partial charge in [-0.2, -0.15) is 0 Å². The molecule has 8 nitrogen and oxygen atoms in total. The summed E-state index contributed by atoms with van der Waals surface area (Å²) >= 11 is 0. The second-order valence-electron chi connectivity index (χ2n) is 9.49. The number of esters is 1. The van der Waals surface area contributed by atoms with Crippen LogP contribution in [0.1, 0.15) is 71.1 Å². The number of allylic oxidation sites excluding steroid dienone is 1. The number of piperidine rings is 1. The van der Waals surface area contributed by atoms with E-state index in [1.54, 1.807) is 11.8 Å². The number of nitrogens with one attached hydrogen (secondary N) is 1. The van der Waals surface area contributed by atoms with Crippen LogP contribution in [0.15, 0.2) is 11.3 Å². The number of ether oxygens (including phenoxy) is 1. The van der Waals surface area contributed by atoms with Crippen LogP contribution in [0, 0.1) is 11.3 Å². The van der Waals surface area contributed by atoms with Gasteiger partial charge in [0.05, 0.1) is 6.61 Å². The van der Waals surface area contributed by atoms with Gasteiger partial charge in [0.25, 0.3) is 0 Å². The van der Waals surface area contributed by atoms with Crippen molar-refractivity contribution in [2.45, 2.75) is 71.1 Å². The minimum atomic E-state index is -0.793. The fourth-order valence-electron chi connectivity index (χ4n) is 6.03. The number of hydrogen-bond acceptors (Lipinski definition) is 5. The van der Waals surface area contributed by atoms with Crippen LogP contribution in [-0.2, 0) is 23.9 Å². The standard InChI is InChI=1S/C24H35N3O5/c1-2-32-23(31)24-10-3-7-17-8-4-14-27(21(17)24)22(30)18(16-24)15-19(28)25-11-6-13-26-12-5-9-20(26)29/h18H,2-16H2,1H3,(H,25,28)/t18-,24-/m0/s1. The van der Waals surface area contributed by atoms with Gasteiger partial charge in [-0.15, -0.1) is 0 Å². The van der Waals surface area contributed by atoms with Gasteiger partial charge in [-0.05, 0) is 63.9 Å². The molecule has 2 saturated heterocycles. The van der Waals surface area contributed by atoms with Gasteiger partial charge < -0.3 is 19.9 Å². The van der Waals surface area contributed by atoms with Gasteiger partial charge in [0.15, 0.2) is 0 Å². The molecule has 32 heavy (non-hydrogen) atoms. The van der Waals surface area contributed by atoms with E-state index >= 15 is 0 Å². The molecular weight excluding hydrogens is 410 g/mol. The van der Waals surface area contributed by atoms with Gasteiger partial charge in [-0.3, -0.25) is 19.2 Å². The zero-order valence-corrected chi connectivity index (χ0v) is 19.1. The summed E-state index contributed by atoms with van der Waals surface area (Å²) < 4.78 is 5.49. The van der Waals surface area contributed by atoms with E-state index < -0.39 is 11.3 Å². The van der Waals surface area contributed by atoms with Crippen molar-refractivity contribution in [2.24, 2.45) is 11.3 Å². The van der Waals surface area contributed by atoms with Crippen molar-refractivity contribution in [2.75, 3.05) is 32.8 Å². The van der Waals surface area contributed by atoms with E-state index in [1.165, 1.54) is 5.57 Å². The summed E-state index contributed by atoms with van der Waals surface area (Å²) in [6, 6.07) is 0.